The first-order valence-electron chi connectivity index (χ1n) is 11.7. The van der Waals surface area contributed by atoms with Crippen LogP contribution in [0.3, 0.4) is 0 Å². The third kappa shape index (κ3) is 3.28. The predicted octanol–water partition coefficient (Wildman–Crippen LogP) is 8.64. The van der Waals surface area contributed by atoms with Crippen LogP contribution in [0.25, 0.3) is 65.4 Å². The number of hydrogen-bond acceptors (Lipinski definition) is 5. The highest BCUT2D eigenvalue weighted by atomic mass is 32.2. The Bertz CT molecular complexity index is 2240. The van der Waals surface area contributed by atoms with Crippen LogP contribution >= 0.6 is 0 Å². The Morgan fingerprint density at radius 2 is 1.21 bits per heavy atom. The average Bonchev–Trinajstić information content (AvgIpc) is 3.38. The minimum absolute atomic E-state index is 0.437. The molecule has 0 N–H and O–H groups in total. The lowest BCUT2D eigenvalue weighted by Gasteiger charge is -2.10. The summed E-state index contributed by atoms with van der Waals surface area (Å²) < 4.78 is 77.8. The third-order valence-electron chi connectivity index (χ3n) is 6.96. The molecule has 0 atom stereocenters. The minimum atomic E-state index is -5.77. The maximum atomic E-state index is 12.7. The van der Waals surface area contributed by atoms with E-state index in [-0.39, 0.29) is 0 Å². The lowest BCUT2D eigenvalue weighted by atomic mass is 10.0. The predicted molar refractivity (Wildman–Crippen MR) is 141 cm³/mol. The zero-order valence-electron chi connectivity index (χ0n) is 19.9. The third-order valence-corrected chi connectivity index (χ3v) is 7.94. The number of fused-ring (bicyclic) bond motifs is 8. The fourth-order valence-electron chi connectivity index (χ4n) is 5.13. The average molecular weight is 535 g/mol. The normalized spacial score (nSPS) is 13.1. The van der Waals surface area contributed by atoms with Crippen LogP contribution in [0.2, 0.25) is 0 Å². The van der Waals surface area contributed by atoms with E-state index in [1.54, 1.807) is 6.07 Å². The monoisotopic (exact) mass is 534 g/mol. The Hall–Kier alpha value is -4.24. The summed E-state index contributed by atoms with van der Waals surface area (Å²) in [4.78, 5) is 0. The molecule has 2 heterocycles. The molecule has 0 bridgehead atoms. The van der Waals surface area contributed by atoms with Crippen LogP contribution < -0.4 is 4.18 Å². The van der Waals surface area contributed by atoms with Gasteiger partial charge in [-0.05, 0) is 77.9 Å². The van der Waals surface area contributed by atoms with Gasteiger partial charge >= 0.3 is 15.6 Å². The number of halogens is 3. The SMILES string of the molecule is Cc1ccc2cc3c(cc2c1)oc1c(C)c2oc4cc5cc(OS(=O)(=O)C(F)(F)F)ccc5cc4c2cc13. The topological polar surface area (TPSA) is 69.7 Å². The first kappa shape index (κ1) is 22.9. The Labute approximate surface area is 213 Å². The van der Waals surface area contributed by atoms with E-state index in [9.17, 15) is 21.6 Å². The van der Waals surface area contributed by atoms with Crippen LogP contribution in [0.15, 0.2) is 75.6 Å². The molecule has 5 aromatic carbocycles. The van der Waals surface area contributed by atoms with Crippen molar-refractivity contribution in [3.05, 3.63) is 77.9 Å². The van der Waals surface area contributed by atoms with Crippen molar-refractivity contribution in [2.45, 2.75) is 19.4 Å². The molecular weight excluding hydrogens is 517 g/mol. The maximum Gasteiger partial charge on any atom is 0.534 e. The number of benzene rings is 5. The van der Waals surface area contributed by atoms with Crippen molar-refractivity contribution in [1.29, 1.82) is 0 Å². The van der Waals surface area contributed by atoms with E-state index < -0.39 is 21.4 Å². The van der Waals surface area contributed by atoms with Crippen LogP contribution in [0.5, 0.6) is 5.75 Å². The van der Waals surface area contributed by atoms with Crippen molar-refractivity contribution in [3.8, 4) is 5.75 Å². The smallest absolute Gasteiger partial charge is 0.456 e. The van der Waals surface area contributed by atoms with Crippen LogP contribution in [0, 0.1) is 13.8 Å². The molecule has 5 nitrogen and oxygen atoms in total. The molecule has 7 aromatic rings. The Kier molecular flexibility index (Phi) is 4.47. The molecule has 190 valence electrons. The van der Waals surface area contributed by atoms with Gasteiger partial charge in [0.15, 0.2) is 0 Å². The van der Waals surface area contributed by atoms with Crippen LogP contribution in [-0.4, -0.2) is 13.9 Å². The molecule has 0 saturated heterocycles. The van der Waals surface area contributed by atoms with Gasteiger partial charge in [-0.15, -0.1) is 0 Å². The van der Waals surface area contributed by atoms with Crippen molar-refractivity contribution in [3.63, 3.8) is 0 Å². The molecule has 9 heteroatoms. The van der Waals surface area contributed by atoms with Gasteiger partial charge < -0.3 is 13.0 Å². The van der Waals surface area contributed by atoms with Gasteiger partial charge in [0, 0.05) is 27.1 Å². The van der Waals surface area contributed by atoms with Gasteiger partial charge in [0.2, 0.25) is 0 Å². The summed E-state index contributed by atoms with van der Waals surface area (Å²) >= 11 is 0. The number of furan rings is 2. The van der Waals surface area contributed by atoms with Crippen LogP contribution in [-0.2, 0) is 10.1 Å². The molecule has 0 aliphatic carbocycles. The fourth-order valence-corrected chi connectivity index (χ4v) is 5.58. The quantitative estimate of drug-likeness (QED) is 0.164. The standard InChI is InChI=1S/C29H17F3O5S/c1-14-3-4-16-9-21-23-13-24-22-10-17-5-6-20(37-38(33,34)29(30,31)32)8-19(17)12-26(22)36-28(24)15(2)27(23)35-25(21)11-18(16)7-14/h3-13H,1-2H3. The van der Waals surface area contributed by atoms with Gasteiger partial charge in [-0.2, -0.15) is 21.6 Å². The highest BCUT2D eigenvalue weighted by Crippen LogP contribution is 2.42. The van der Waals surface area contributed by atoms with E-state index >= 15 is 0 Å². The largest absolute Gasteiger partial charge is 0.534 e. The van der Waals surface area contributed by atoms with Crippen molar-refractivity contribution in [1.82, 2.24) is 0 Å². The van der Waals surface area contributed by atoms with E-state index in [1.807, 2.05) is 32.0 Å². The lowest BCUT2D eigenvalue weighted by Crippen LogP contribution is -2.28. The van der Waals surface area contributed by atoms with E-state index in [1.165, 1.54) is 23.8 Å². The van der Waals surface area contributed by atoms with Crippen molar-refractivity contribution in [2.75, 3.05) is 0 Å². The van der Waals surface area contributed by atoms with Gasteiger partial charge in [0.25, 0.3) is 0 Å². The molecule has 0 aliphatic heterocycles. The molecule has 0 spiro atoms. The summed E-state index contributed by atoms with van der Waals surface area (Å²) in [6, 6.07) is 20.0. The van der Waals surface area contributed by atoms with Crippen LogP contribution in [0.1, 0.15) is 11.1 Å². The molecule has 0 fully saturated rings. The number of alkyl halides is 3. The summed E-state index contributed by atoms with van der Waals surface area (Å²) in [6.45, 7) is 3.97. The first-order valence-corrected chi connectivity index (χ1v) is 13.1. The zero-order chi connectivity index (χ0) is 26.6. The second-order valence-electron chi connectivity index (χ2n) is 9.50. The van der Waals surface area contributed by atoms with Gasteiger partial charge in [0.05, 0.1) is 0 Å². The molecule has 0 unspecified atom stereocenters. The van der Waals surface area contributed by atoms with Crippen molar-refractivity contribution < 1.29 is 34.6 Å². The van der Waals surface area contributed by atoms with Gasteiger partial charge in [0.1, 0.15) is 28.1 Å². The van der Waals surface area contributed by atoms with Crippen LogP contribution in [0.4, 0.5) is 13.2 Å². The second kappa shape index (κ2) is 7.41. The number of aryl methyl sites for hydroxylation is 2. The van der Waals surface area contributed by atoms with E-state index in [0.717, 1.165) is 49.0 Å². The molecule has 0 saturated carbocycles. The Balaban J connectivity index is 1.44. The zero-order valence-corrected chi connectivity index (χ0v) is 20.8. The minimum Gasteiger partial charge on any atom is -0.456 e. The van der Waals surface area contributed by atoms with Gasteiger partial charge in [-0.25, -0.2) is 0 Å². The summed E-state index contributed by atoms with van der Waals surface area (Å²) in [6.07, 6.45) is 0. The fraction of sp³-hybridized carbons (Fsp3) is 0.103. The molecule has 38 heavy (non-hydrogen) atoms. The molecular formula is C29H17F3O5S. The summed E-state index contributed by atoms with van der Waals surface area (Å²) in [7, 11) is -5.77. The van der Waals surface area contributed by atoms with E-state index in [4.69, 9.17) is 8.83 Å². The highest BCUT2D eigenvalue weighted by Gasteiger charge is 2.48. The Morgan fingerprint density at radius 3 is 1.79 bits per heavy atom. The van der Waals surface area contributed by atoms with E-state index in [2.05, 4.69) is 28.4 Å². The van der Waals surface area contributed by atoms with Crippen molar-refractivity contribution in [2.24, 2.45) is 0 Å². The van der Waals surface area contributed by atoms with E-state index in [0.29, 0.717) is 21.9 Å². The summed E-state index contributed by atoms with van der Waals surface area (Å²) in [5, 5.41) is 7.01. The summed E-state index contributed by atoms with van der Waals surface area (Å²) in [5.74, 6) is -0.437. The van der Waals surface area contributed by atoms with Crippen molar-refractivity contribution >= 4 is 75.5 Å². The maximum absolute atomic E-state index is 12.7. The van der Waals surface area contributed by atoms with Gasteiger partial charge in [-0.1, -0.05) is 29.8 Å². The second-order valence-corrected chi connectivity index (χ2v) is 11.0. The molecule has 0 amide bonds. The number of hydrogen-bond donors (Lipinski definition) is 0. The molecule has 7 rings (SSSR count). The molecule has 2 aromatic heterocycles. The number of rotatable bonds is 2. The first-order chi connectivity index (χ1) is 18.0. The lowest BCUT2D eigenvalue weighted by molar-refractivity contribution is -0.0500. The Morgan fingerprint density at radius 1 is 0.658 bits per heavy atom. The van der Waals surface area contributed by atoms with Gasteiger partial charge in [-0.3, -0.25) is 0 Å². The summed E-state index contributed by atoms with van der Waals surface area (Å²) in [5.41, 5.74) is -0.881. The molecule has 0 radical (unpaired) electrons. The molecule has 0 aliphatic rings. The highest BCUT2D eigenvalue weighted by molar-refractivity contribution is 7.88.